The molecular weight excluding hydrogens is 374 g/mol. The summed E-state index contributed by atoms with van der Waals surface area (Å²) < 4.78 is 5.42. The van der Waals surface area contributed by atoms with Crippen LogP contribution in [0, 0.1) is 0 Å². The van der Waals surface area contributed by atoms with Crippen molar-refractivity contribution in [1.29, 1.82) is 0 Å². The molecular formula is C25H27N3O2. The molecule has 0 saturated heterocycles. The van der Waals surface area contributed by atoms with Crippen LogP contribution in [0.3, 0.4) is 0 Å². The smallest absolute Gasteiger partial charge is 0.259 e. The molecule has 5 heteroatoms. The second-order valence-corrected chi connectivity index (χ2v) is 6.85. The number of nitrogens with one attached hydrogen (secondary N) is 2. The van der Waals surface area contributed by atoms with Crippen molar-refractivity contribution in [1.82, 2.24) is 5.43 Å². The predicted octanol–water partition coefficient (Wildman–Crippen LogP) is 4.82. The fraction of sp³-hybridized carbons (Fsp3) is 0.200. The lowest BCUT2D eigenvalue weighted by atomic mass is 9.88. The molecule has 0 heterocycles. The van der Waals surface area contributed by atoms with Crippen LogP contribution in [0.25, 0.3) is 0 Å². The number of hydrazone groups is 1. The minimum atomic E-state index is -0.205. The third kappa shape index (κ3) is 5.95. The van der Waals surface area contributed by atoms with Gasteiger partial charge in [-0.15, -0.1) is 0 Å². The highest BCUT2D eigenvalue weighted by Gasteiger charge is 2.17. The van der Waals surface area contributed by atoms with Gasteiger partial charge < -0.3 is 10.1 Å². The molecule has 0 unspecified atom stereocenters. The van der Waals surface area contributed by atoms with Crippen molar-refractivity contribution in [3.05, 3.63) is 96.1 Å². The Morgan fingerprint density at radius 3 is 2.00 bits per heavy atom. The summed E-state index contributed by atoms with van der Waals surface area (Å²) in [5.41, 5.74) is 6.60. The van der Waals surface area contributed by atoms with Crippen molar-refractivity contribution in [3.8, 4) is 5.75 Å². The molecule has 154 valence electrons. The van der Waals surface area contributed by atoms with Crippen LogP contribution in [0.2, 0.25) is 0 Å². The van der Waals surface area contributed by atoms with Gasteiger partial charge in [0.2, 0.25) is 0 Å². The van der Waals surface area contributed by atoms with E-state index in [1.807, 2.05) is 74.5 Å². The largest absolute Gasteiger partial charge is 0.494 e. The van der Waals surface area contributed by atoms with E-state index in [0.717, 1.165) is 28.3 Å². The summed E-state index contributed by atoms with van der Waals surface area (Å²) in [5, 5.41) is 7.48. The minimum absolute atomic E-state index is 0.0215. The molecule has 0 aliphatic carbocycles. The van der Waals surface area contributed by atoms with Crippen LogP contribution in [-0.2, 0) is 4.79 Å². The molecule has 1 amide bonds. The number of rotatable bonds is 9. The summed E-state index contributed by atoms with van der Waals surface area (Å²) in [7, 11) is 0. The van der Waals surface area contributed by atoms with E-state index in [1.54, 1.807) is 0 Å². The average molecular weight is 402 g/mol. The third-order valence-electron chi connectivity index (χ3n) is 4.66. The van der Waals surface area contributed by atoms with E-state index in [9.17, 15) is 4.79 Å². The number of nitrogens with zero attached hydrogens (tertiary/aromatic N) is 1. The number of ether oxygens (including phenoxy) is 1. The molecule has 3 rings (SSSR count). The Morgan fingerprint density at radius 2 is 1.47 bits per heavy atom. The molecule has 0 aliphatic heterocycles. The topological polar surface area (TPSA) is 62.7 Å². The zero-order valence-electron chi connectivity index (χ0n) is 17.3. The molecule has 0 aliphatic rings. The zero-order chi connectivity index (χ0) is 21.2. The van der Waals surface area contributed by atoms with E-state index in [-0.39, 0.29) is 18.4 Å². The fourth-order valence-corrected chi connectivity index (χ4v) is 3.24. The first-order valence-corrected chi connectivity index (χ1v) is 10.1. The SMILES string of the molecule is CCOc1ccc(NCC(=O)N/N=C(\C)C(c2ccccc2)c2ccccc2)cc1. The summed E-state index contributed by atoms with van der Waals surface area (Å²) in [6.45, 7) is 4.63. The molecule has 0 fully saturated rings. The van der Waals surface area contributed by atoms with Gasteiger partial charge in [0.25, 0.3) is 5.91 Å². The molecule has 0 saturated carbocycles. The van der Waals surface area contributed by atoms with Crippen LogP contribution in [0.4, 0.5) is 5.69 Å². The summed E-state index contributed by atoms with van der Waals surface area (Å²) >= 11 is 0. The Kier molecular flexibility index (Phi) is 7.61. The second kappa shape index (κ2) is 10.8. The first-order valence-electron chi connectivity index (χ1n) is 10.1. The van der Waals surface area contributed by atoms with Gasteiger partial charge in [0, 0.05) is 17.3 Å². The maximum Gasteiger partial charge on any atom is 0.259 e. The van der Waals surface area contributed by atoms with Gasteiger partial charge in [0.15, 0.2) is 0 Å². The monoisotopic (exact) mass is 401 g/mol. The minimum Gasteiger partial charge on any atom is -0.494 e. The average Bonchev–Trinajstić information content (AvgIpc) is 2.79. The van der Waals surface area contributed by atoms with Gasteiger partial charge in [0.1, 0.15) is 5.75 Å². The number of carbonyl (C=O) groups is 1. The maximum absolute atomic E-state index is 12.3. The highest BCUT2D eigenvalue weighted by atomic mass is 16.5. The highest BCUT2D eigenvalue weighted by molar-refractivity contribution is 5.93. The van der Waals surface area contributed by atoms with Gasteiger partial charge in [-0.05, 0) is 49.2 Å². The van der Waals surface area contributed by atoms with Gasteiger partial charge in [0.05, 0.1) is 13.2 Å². The fourth-order valence-electron chi connectivity index (χ4n) is 3.24. The van der Waals surface area contributed by atoms with Crippen molar-refractivity contribution in [2.75, 3.05) is 18.5 Å². The molecule has 3 aromatic carbocycles. The molecule has 30 heavy (non-hydrogen) atoms. The molecule has 5 nitrogen and oxygen atoms in total. The Balaban J connectivity index is 1.63. The lowest BCUT2D eigenvalue weighted by Gasteiger charge is -2.18. The summed E-state index contributed by atoms with van der Waals surface area (Å²) in [6, 6.07) is 27.8. The summed E-state index contributed by atoms with van der Waals surface area (Å²) in [5.74, 6) is 0.579. The van der Waals surface area contributed by atoms with Gasteiger partial charge in [-0.2, -0.15) is 5.10 Å². The number of hydrogen-bond acceptors (Lipinski definition) is 4. The summed E-state index contributed by atoms with van der Waals surface area (Å²) in [6.07, 6.45) is 0. The lowest BCUT2D eigenvalue weighted by molar-refractivity contribution is -0.119. The molecule has 0 bridgehead atoms. The van der Waals surface area contributed by atoms with E-state index in [4.69, 9.17) is 4.74 Å². The van der Waals surface area contributed by atoms with Crippen molar-refractivity contribution >= 4 is 17.3 Å². The van der Waals surface area contributed by atoms with Crippen LogP contribution < -0.4 is 15.5 Å². The van der Waals surface area contributed by atoms with Gasteiger partial charge >= 0.3 is 0 Å². The van der Waals surface area contributed by atoms with Gasteiger partial charge in [-0.1, -0.05) is 60.7 Å². The van der Waals surface area contributed by atoms with Crippen molar-refractivity contribution < 1.29 is 9.53 Å². The molecule has 0 aromatic heterocycles. The molecule has 3 aromatic rings. The highest BCUT2D eigenvalue weighted by Crippen LogP contribution is 2.26. The molecule has 0 atom stereocenters. The van der Waals surface area contributed by atoms with E-state index in [0.29, 0.717) is 6.61 Å². The van der Waals surface area contributed by atoms with Crippen LogP contribution in [0.5, 0.6) is 5.75 Å². The number of anilines is 1. The first kappa shape index (κ1) is 21.1. The number of amides is 1. The third-order valence-corrected chi connectivity index (χ3v) is 4.66. The van der Waals surface area contributed by atoms with E-state index >= 15 is 0 Å². The molecule has 2 N–H and O–H groups in total. The normalized spacial score (nSPS) is 11.2. The van der Waals surface area contributed by atoms with Gasteiger partial charge in [-0.25, -0.2) is 5.43 Å². The number of hydrogen-bond donors (Lipinski definition) is 2. The van der Waals surface area contributed by atoms with Gasteiger partial charge in [-0.3, -0.25) is 4.79 Å². The van der Waals surface area contributed by atoms with E-state index in [1.165, 1.54) is 0 Å². The molecule has 0 spiro atoms. The van der Waals surface area contributed by atoms with Crippen LogP contribution >= 0.6 is 0 Å². The Bertz CT molecular complexity index is 915. The predicted molar refractivity (Wildman–Crippen MR) is 122 cm³/mol. The van der Waals surface area contributed by atoms with Crippen LogP contribution in [0.1, 0.15) is 30.9 Å². The number of carbonyl (C=O) groups excluding carboxylic acids is 1. The Hall–Kier alpha value is -3.60. The van der Waals surface area contributed by atoms with E-state index in [2.05, 4.69) is 40.1 Å². The maximum atomic E-state index is 12.3. The Morgan fingerprint density at radius 1 is 0.900 bits per heavy atom. The lowest BCUT2D eigenvalue weighted by Crippen LogP contribution is -2.27. The van der Waals surface area contributed by atoms with Crippen molar-refractivity contribution in [2.24, 2.45) is 5.10 Å². The quantitative estimate of drug-likeness (QED) is 0.399. The zero-order valence-corrected chi connectivity index (χ0v) is 17.3. The van der Waals surface area contributed by atoms with Crippen LogP contribution in [-0.4, -0.2) is 24.8 Å². The Labute approximate surface area is 177 Å². The number of benzene rings is 3. The summed E-state index contributed by atoms with van der Waals surface area (Å²) in [4.78, 5) is 12.3. The van der Waals surface area contributed by atoms with Crippen LogP contribution in [0.15, 0.2) is 90.0 Å². The first-order chi connectivity index (χ1) is 14.7. The van der Waals surface area contributed by atoms with Crippen molar-refractivity contribution in [3.63, 3.8) is 0 Å². The second-order valence-electron chi connectivity index (χ2n) is 6.85. The molecule has 0 radical (unpaired) electrons. The van der Waals surface area contributed by atoms with Crippen molar-refractivity contribution in [2.45, 2.75) is 19.8 Å². The standard InChI is InChI=1S/C25H27N3O2/c1-3-30-23-16-14-22(15-17-23)26-18-24(29)28-27-19(2)25(20-10-6-4-7-11-20)21-12-8-5-9-13-21/h4-17,25-26H,3,18H2,1-2H3,(H,28,29)/b27-19+. The van der Waals surface area contributed by atoms with E-state index < -0.39 is 0 Å².